The number of carboxylic acids is 1. The van der Waals surface area contributed by atoms with Gasteiger partial charge in [-0.15, -0.1) is 0 Å². The van der Waals surface area contributed by atoms with E-state index in [1.165, 1.54) is 0 Å². The third-order valence-electron chi connectivity index (χ3n) is 1.49. The van der Waals surface area contributed by atoms with Crippen molar-refractivity contribution in [3.05, 3.63) is 12.2 Å². The van der Waals surface area contributed by atoms with E-state index >= 15 is 0 Å². The monoisotopic (exact) mass is 111 g/mol. The van der Waals surface area contributed by atoms with Crippen LogP contribution in [-0.4, -0.2) is 5.97 Å². The van der Waals surface area contributed by atoms with E-state index in [0.717, 1.165) is 0 Å². The Morgan fingerprint density at radius 2 is 2.38 bits per heavy atom. The maximum absolute atomic E-state index is 10.1. The van der Waals surface area contributed by atoms with Crippen molar-refractivity contribution in [1.82, 2.24) is 0 Å². The molecule has 0 heterocycles. The van der Waals surface area contributed by atoms with Gasteiger partial charge in [-0.2, -0.15) is 0 Å². The predicted octanol–water partition coefficient (Wildman–Crippen LogP) is -0.298. The molecule has 8 heavy (non-hydrogen) atoms. The Balaban J connectivity index is 2.70. The van der Waals surface area contributed by atoms with Gasteiger partial charge in [-0.3, -0.25) is 0 Å². The molecule has 1 aliphatic rings. The number of carbonyl (C=O) groups is 1. The zero-order valence-electron chi connectivity index (χ0n) is 4.68. The van der Waals surface area contributed by atoms with Gasteiger partial charge in [-0.05, 0) is 6.42 Å². The second-order valence-electron chi connectivity index (χ2n) is 2.31. The van der Waals surface area contributed by atoms with Crippen molar-refractivity contribution in [1.29, 1.82) is 0 Å². The van der Waals surface area contributed by atoms with E-state index in [9.17, 15) is 9.90 Å². The highest BCUT2D eigenvalue weighted by Gasteiger charge is 2.26. The molecule has 1 rings (SSSR count). The maximum atomic E-state index is 10.1. The predicted molar refractivity (Wildman–Crippen MR) is 26.9 cm³/mol. The van der Waals surface area contributed by atoms with Gasteiger partial charge in [0.2, 0.25) is 0 Å². The number of hydrogen-bond donors (Lipinski definition) is 0. The van der Waals surface area contributed by atoms with Crippen molar-refractivity contribution < 1.29 is 9.90 Å². The number of allylic oxidation sites excluding steroid dienone is 1. The molecule has 1 unspecified atom stereocenters. The number of aliphatic carboxylic acids is 1. The molecule has 44 valence electrons. The average molecular weight is 111 g/mol. The molecule has 0 saturated heterocycles. The van der Waals surface area contributed by atoms with Gasteiger partial charge in [-0.1, -0.05) is 19.1 Å². The Morgan fingerprint density at radius 3 is 2.38 bits per heavy atom. The maximum Gasteiger partial charge on any atom is 0.0514 e. The molecular formula is C6H7O2-. The molecule has 2 nitrogen and oxygen atoms in total. The van der Waals surface area contributed by atoms with E-state index in [0.29, 0.717) is 6.42 Å². The van der Waals surface area contributed by atoms with Gasteiger partial charge in [0.1, 0.15) is 0 Å². The molecule has 0 radical (unpaired) electrons. The van der Waals surface area contributed by atoms with E-state index < -0.39 is 11.4 Å². The molecule has 0 aromatic carbocycles. The summed E-state index contributed by atoms with van der Waals surface area (Å²) >= 11 is 0. The molecule has 2 heteroatoms. The molecule has 0 bridgehead atoms. The van der Waals surface area contributed by atoms with E-state index in [1.807, 2.05) is 6.08 Å². The molecule has 0 amide bonds. The van der Waals surface area contributed by atoms with Crippen LogP contribution in [0.3, 0.4) is 0 Å². The van der Waals surface area contributed by atoms with E-state index in [1.54, 1.807) is 13.0 Å². The lowest BCUT2D eigenvalue weighted by atomic mass is 9.78. The molecule has 1 aliphatic carbocycles. The summed E-state index contributed by atoms with van der Waals surface area (Å²) < 4.78 is 0. The summed E-state index contributed by atoms with van der Waals surface area (Å²) in [6.07, 6.45) is 4.10. The third kappa shape index (κ3) is 0.529. The van der Waals surface area contributed by atoms with Crippen LogP contribution in [0.1, 0.15) is 13.3 Å². The van der Waals surface area contributed by atoms with Crippen molar-refractivity contribution in [2.45, 2.75) is 13.3 Å². The first-order chi connectivity index (χ1) is 3.65. The Bertz CT molecular complexity index is 149. The largest absolute Gasteiger partial charge is 0.549 e. The number of carbonyl (C=O) groups excluding carboxylic acids is 1. The van der Waals surface area contributed by atoms with Gasteiger partial charge in [0.15, 0.2) is 0 Å². The molecular weight excluding hydrogens is 104 g/mol. The highest BCUT2D eigenvalue weighted by atomic mass is 16.4. The lowest BCUT2D eigenvalue weighted by Gasteiger charge is -2.31. The van der Waals surface area contributed by atoms with Gasteiger partial charge < -0.3 is 9.90 Å². The summed E-state index contributed by atoms with van der Waals surface area (Å²) in [4.78, 5) is 10.1. The summed E-state index contributed by atoms with van der Waals surface area (Å²) in [5, 5.41) is 10.1. The Kier molecular flexibility index (Phi) is 0.897. The molecule has 0 saturated carbocycles. The fourth-order valence-corrected chi connectivity index (χ4v) is 0.623. The molecule has 0 spiro atoms. The molecule has 0 aliphatic heterocycles. The van der Waals surface area contributed by atoms with Crippen molar-refractivity contribution in [2.24, 2.45) is 5.41 Å². The van der Waals surface area contributed by atoms with E-state index in [2.05, 4.69) is 0 Å². The van der Waals surface area contributed by atoms with Crippen LogP contribution in [0.2, 0.25) is 0 Å². The Hall–Kier alpha value is -0.790. The summed E-state index contributed by atoms with van der Waals surface area (Å²) in [6, 6.07) is 0. The Labute approximate surface area is 47.8 Å². The zero-order chi connectivity index (χ0) is 6.20. The second kappa shape index (κ2) is 1.34. The number of carboxylic acid groups (broad SMARTS) is 1. The topological polar surface area (TPSA) is 40.1 Å². The van der Waals surface area contributed by atoms with Crippen LogP contribution in [0, 0.1) is 5.41 Å². The number of hydrogen-bond acceptors (Lipinski definition) is 2. The minimum Gasteiger partial charge on any atom is -0.549 e. The number of rotatable bonds is 1. The SMILES string of the molecule is CC1(C(=O)[O-])C=CC1. The fourth-order valence-electron chi connectivity index (χ4n) is 0.623. The van der Waals surface area contributed by atoms with E-state index in [-0.39, 0.29) is 0 Å². The summed E-state index contributed by atoms with van der Waals surface area (Å²) in [7, 11) is 0. The van der Waals surface area contributed by atoms with Crippen molar-refractivity contribution >= 4 is 5.97 Å². The molecule has 1 atom stereocenters. The van der Waals surface area contributed by atoms with Crippen LogP contribution in [0.25, 0.3) is 0 Å². The van der Waals surface area contributed by atoms with Gasteiger partial charge in [0.05, 0.1) is 5.97 Å². The van der Waals surface area contributed by atoms with Gasteiger partial charge in [0, 0.05) is 5.41 Å². The van der Waals surface area contributed by atoms with Crippen molar-refractivity contribution in [3.63, 3.8) is 0 Å². The summed E-state index contributed by atoms with van der Waals surface area (Å²) in [5.74, 6) is -0.972. The van der Waals surface area contributed by atoms with Gasteiger partial charge >= 0.3 is 0 Å². The average Bonchev–Trinajstić information content (AvgIpc) is 1.60. The highest BCUT2D eigenvalue weighted by molar-refractivity contribution is 5.76. The first kappa shape index (κ1) is 5.35. The lowest BCUT2D eigenvalue weighted by Crippen LogP contribution is -2.41. The smallest absolute Gasteiger partial charge is 0.0514 e. The highest BCUT2D eigenvalue weighted by Crippen LogP contribution is 2.30. The molecule has 0 N–H and O–H groups in total. The van der Waals surface area contributed by atoms with Gasteiger partial charge in [-0.25, -0.2) is 0 Å². The molecule has 0 aromatic heterocycles. The first-order valence-electron chi connectivity index (χ1n) is 2.54. The molecule has 0 fully saturated rings. The van der Waals surface area contributed by atoms with Gasteiger partial charge in [0.25, 0.3) is 0 Å². The van der Waals surface area contributed by atoms with Crippen LogP contribution < -0.4 is 5.11 Å². The normalized spacial score (nSPS) is 34.1. The lowest BCUT2D eigenvalue weighted by molar-refractivity contribution is -0.316. The third-order valence-corrected chi connectivity index (χ3v) is 1.49. The van der Waals surface area contributed by atoms with Crippen molar-refractivity contribution in [2.75, 3.05) is 0 Å². The quantitative estimate of drug-likeness (QED) is 0.436. The van der Waals surface area contributed by atoms with Crippen molar-refractivity contribution in [3.8, 4) is 0 Å². The zero-order valence-corrected chi connectivity index (χ0v) is 4.68. The second-order valence-corrected chi connectivity index (χ2v) is 2.31. The summed E-state index contributed by atoms with van der Waals surface area (Å²) in [5.41, 5.74) is -0.653. The Morgan fingerprint density at radius 1 is 1.88 bits per heavy atom. The van der Waals surface area contributed by atoms with Crippen LogP contribution in [-0.2, 0) is 4.79 Å². The standard InChI is InChI=1S/C6H8O2/c1-6(5(7)8)3-2-4-6/h2-3H,4H2,1H3,(H,7,8)/p-1. The fraction of sp³-hybridized carbons (Fsp3) is 0.500. The molecule has 0 aromatic rings. The van der Waals surface area contributed by atoms with Crippen LogP contribution >= 0.6 is 0 Å². The first-order valence-corrected chi connectivity index (χ1v) is 2.54. The van der Waals surface area contributed by atoms with Crippen LogP contribution in [0.5, 0.6) is 0 Å². The van der Waals surface area contributed by atoms with Crippen LogP contribution in [0.4, 0.5) is 0 Å². The minimum atomic E-state index is -0.972. The minimum absolute atomic E-state index is 0.620. The summed E-state index contributed by atoms with van der Waals surface area (Å²) in [6.45, 7) is 1.66. The van der Waals surface area contributed by atoms with Crippen LogP contribution in [0.15, 0.2) is 12.2 Å². The van der Waals surface area contributed by atoms with E-state index in [4.69, 9.17) is 0 Å².